The molecule has 3 rings (SSSR count). The molecule has 1 amide bonds. The first kappa shape index (κ1) is 16.2. The molecule has 3 nitrogen and oxygen atoms in total. The topological polar surface area (TPSA) is 34.4 Å². The number of benzene rings is 1. The zero-order valence-electron chi connectivity index (χ0n) is 13.9. The van der Waals surface area contributed by atoms with Crippen LogP contribution < -0.4 is 4.80 Å². The predicted molar refractivity (Wildman–Crippen MR) is 96.6 cm³/mol. The fourth-order valence-corrected chi connectivity index (χ4v) is 4.29. The lowest BCUT2D eigenvalue weighted by atomic mass is 10.0. The third kappa shape index (κ3) is 3.32. The predicted octanol–water partition coefficient (Wildman–Crippen LogP) is 4.63. The van der Waals surface area contributed by atoms with Crippen molar-refractivity contribution in [2.24, 2.45) is 10.9 Å². The van der Waals surface area contributed by atoms with Crippen molar-refractivity contribution in [3.05, 3.63) is 41.2 Å². The van der Waals surface area contributed by atoms with Gasteiger partial charge in [-0.3, -0.25) is 4.79 Å². The molecule has 1 aromatic heterocycles. The monoisotopic (exact) mass is 328 g/mol. The highest BCUT2D eigenvalue weighted by Crippen LogP contribution is 2.26. The molecule has 0 N–H and O–H groups in total. The molecule has 0 radical (unpaired) electrons. The summed E-state index contributed by atoms with van der Waals surface area (Å²) in [5.74, 6) is 0.675. The molecule has 1 aliphatic carbocycles. The van der Waals surface area contributed by atoms with Crippen LogP contribution in [0.25, 0.3) is 10.2 Å². The minimum absolute atomic E-state index is 0.0518. The Bertz CT molecular complexity index is 791. The van der Waals surface area contributed by atoms with Gasteiger partial charge in [0.15, 0.2) is 4.80 Å². The van der Waals surface area contributed by atoms with Crippen LogP contribution in [0.5, 0.6) is 0 Å². The Labute approximate surface area is 141 Å². The third-order valence-corrected chi connectivity index (χ3v) is 5.64. The van der Waals surface area contributed by atoms with Crippen LogP contribution in [0.15, 0.2) is 35.8 Å². The minimum atomic E-state index is 0.0518. The highest BCUT2D eigenvalue weighted by atomic mass is 32.1. The van der Waals surface area contributed by atoms with Crippen LogP contribution in [-0.4, -0.2) is 10.5 Å². The number of amides is 1. The molecule has 0 atom stereocenters. The molecule has 1 heterocycles. The number of nitrogens with zero attached hydrogens (tertiary/aromatic N) is 2. The molecule has 1 fully saturated rings. The Kier molecular flexibility index (Phi) is 4.81. The first-order chi connectivity index (χ1) is 11.1. The van der Waals surface area contributed by atoms with Gasteiger partial charge in [0, 0.05) is 12.5 Å². The quantitative estimate of drug-likeness (QED) is 0.754. The van der Waals surface area contributed by atoms with Crippen molar-refractivity contribution in [2.75, 3.05) is 0 Å². The van der Waals surface area contributed by atoms with Crippen molar-refractivity contribution in [1.82, 2.24) is 4.57 Å². The summed E-state index contributed by atoms with van der Waals surface area (Å²) < 4.78 is 3.29. The number of hydrogen-bond donors (Lipinski definition) is 0. The Balaban J connectivity index is 2.08. The van der Waals surface area contributed by atoms with Crippen molar-refractivity contribution in [3.8, 4) is 0 Å². The second-order valence-corrected chi connectivity index (χ2v) is 7.61. The van der Waals surface area contributed by atoms with Gasteiger partial charge in [-0.15, -0.1) is 6.58 Å². The normalized spacial score (nSPS) is 16.6. The van der Waals surface area contributed by atoms with Crippen LogP contribution in [0.2, 0.25) is 0 Å². The molecule has 1 aliphatic rings. The van der Waals surface area contributed by atoms with E-state index in [1.807, 2.05) is 6.08 Å². The van der Waals surface area contributed by atoms with Gasteiger partial charge in [0.2, 0.25) is 0 Å². The van der Waals surface area contributed by atoms with Crippen molar-refractivity contribution in [1.29, 1.82) is 0 Å². The molecule has 0 spiro atoms. The summed E-state index contributed by atoms with van der Waals surface area (Å²) in [6, 6.07) is 6.54. The summed E-state index contributed by atoms with van der Waals surface area (Å²) in [5, 5.41) is 0. The third-order valence-electron chi connectivity index (χ3n) is 4.60. The van der Waals surface area contributed by atoms with E-state index in [1.54, 1.807) is 11.3 Å². The first-order valence-corrected chi connectivity index (χ1v) is 9.24. The molecule has 2 aromatic rings. The van der Waals surface area contributed by atoms with Gasteiger partial charge in [0.25, 0.3) is 5.91 Å². The largest absolute Gasteiger partial charge is 0.313 e. The number of allylic oxidation sites excluding steroid dienone is 1. The fourth-order valence-electron chi connectivity index (χ4n) is 3.20. The molecule has 1 saturated carbocycles. The number of thiazole rings is 1. The molecule has 4 heteroatoms. The van der Waals surface area contributed by atoms with Gasteiger partial charge in [0.05, 0.1) is 10.2 Å². The van der Waals surface area contributed by atoms with Gasteiger partial charge in [-0.05, 0) is 36.5 Å². The number of hydrogen-bond acceptors (Lipinski definition) is 2. The van der Waals surface area contributed by atoms with Crippen LogP contribution >= 0.6 is 11.3 Å². The highest BCUT2D eigenvalue weighted by molar-refractivity contribution is 7.16. The average molecular weight is 328 g/mol. The number of rotatable bonds is 4. The van der Waals surface area contributed by atoms with E-state index in [0.717, 1.165) is 36.0 Å². The molecular formula is C19H24N2OS. The molecule has 23 heavy (non-hydrogen) atoms. The number of carbonyl (C=O) groups is 1. The molecule has 0 aliphatic heterocycles. The van der Waals surface area contributed by atoms with E-state index < -0.39 is 0 Å². The van der Waals surface area contributed by atoms with E-state index in [4.69, 9.17) is 0 Å². The van der Waals surface area contributed by atoms with E-state index >= 15 is 0 Å². The van der Waals surface area contributed by atoms with E-state index in [-0.39, 0.29) is 11.8 Å². The lowest BCUT2D eigenvalue weighted by Gasteiger charge is -2.06. The summed E-state index contributed by atoms with van der Waals surface area (Å²) in [7, 11) is 0. The van der Waals surface area contributed by atoms with Crippen molar-refractivity contribution in [2.45, 2.75) is 52.0 Å². The molecular weight excluding hydrogens is 304 g/mol. The van der Waals surface area contributed by atoms with Crippen LogP contribution in [0, 0.1) is 5.92 Å². The van der Waals surface area contributed by atoms with Gasteiger partial charge >= 0.3 is 0 Å². The molecule has 0 unspecified atom stereocenters. The average Bonchev–Trinajstić information content (AvgIpc) is 3.16. The zero-order valence-corrected chi connectivity index (χ0v) is 14.7. The maximum Gasteiger partial charge on any atom is 0.251 e. The van der Waals surface area contributed by atoms with E-state index in [1.165, 1.54) is 10.3 Å². The molecule has 1 aromatic carbocycles. The summed E-state index contributed by atoms with van der Waals surface area (Å²) in [6.45, 7) is 8.91. The first-order valence-electron chi connectivity index (χ1n) is 8.43. The van der Waals surface area contributed by atoms with Gasteiger partial charge in [-0.2, -0.15) is 4.99 Å². The summed E-state index contributed by atoms with van der Waals surface area (Å²) in [5.41, 5.74) is 2.45. The maximum atomic E-state index is 12.4. The molecule has 0 bridgehead atoms. The Hall–Kier alpha value is -1.68. The van der Waals surface area contributed by atoms with Gasteiger partial charge in [-0.25, -0.2) is 0 Å². The number of fused-ring (bicyclic) bond motifs is 1. The highest BCUT2D eigenvalue weighted by Gasteiger charge is 2.22. The van der Waals surface area contributed by atoms with Crippen molar-refractivity contribution in [3.63, 3.8) is 0 Å². The molecule has 122 valence electrons. The second-order valence-electron chi connectivity index (χ2n) is 6.60. The van der Waals surface area contributed by atoms with E-state index in [0.29, 0.717) is 12.5 Å². The zero-order chi connectivity index (χ0) is 16.4. The Morgan fingerprint density at radius 3 is 2.83 bits per heavy atom. The van der Waals surface area contributed by atoms with Gasteiger partial charge in [0.1, 0.15) is 0 Å². The fraction of sp³-hybridized carbons (Fsp3) is 0.474. The SMILES string of the molecule is C=CCn1c(=NC(=O)C2CCCC2)sc2cc(C(C)C)ccc21. The smallest absolute Gasteiger partial charge is 0.251 e. The van der Waals surface area contributed by atoms with Crippen molar-refractivity contribution >= 4 is 27.5 Å². The number of carbonyl (C=O) groups excluding carboxylic acids is 1. The number of aromatic nitrogens is 1. The second kappa shape index (κ2) is 6.83. The summed E-state index contributed by atoms with van der Waals surface area (Å²) in [6.07, 6.45) is 6.16. The van der Waals surface area contributed by atoms with Gasteiger partial charge < -0.3 is 4.57 Å². The summed E-state index contributed by atoms with van der Waals surface area (Å²) in [4.78, 5) is 17.7. The maximum absolute atomic E-state index is 12.4. The van der Waals surface area contributed by atoms with Crippen LogP contribution in [0.4, 0.5) is 0 Å². The van der Waals surface area contributed by atoms with Crippen molar-refractivity contribution < 1.29 is 4.79 Å². The van der Waals surface area contributed by atoms with Gasteiger partial charge in [-0.1, -0.05) is 50.2 Å². The standard InChI is InChI=1S/C19H24N2OS/c1-4-11-21-16-10-9-15(13(2)3)12-17(16)23-19(21)20-18(22)14-7-5-6-8-14/h4,9-10,12-14H,1,5-8,11H2,2-3H3. The summed E-state index contributed by atoms with van der Waals surface area (Å²) >= 11 is 1.61. The lowest BCUT2D eigenvalue weighted by Crippen LogP contribution is -2.19. The van der Waals surface area contributed by atoms with E-state index in [9.17, 15) is 4.79 Å². The minimum Gasteiger partial charge on any atom is -0.313 e. The lowest BCUT2D eigenvalue weighted by molar-refractivity contribution is -0.121. The Morgan fingerprint density at radius 1 is 1.43 bits per heavy atom. The molecule has 0 saturated heterocycles. The van der Waals surface area contributed by atoms with Crippen LogP contribution in [0.3, 0.4) is 0 Å². The Morgan fingerprint density at radius 2 is 2.17 bits per heavy atom. The van der Waals surface area contributed by atoms with Crippen LogP contribution in [-0.2, 0) is 11.3 Å². The van der Waals surface area contributed by atoms with E-state index in [2.05, 4.69) is 48.2 Å². The van der Waals surface area contributed by atoms with Crippen LogP contribution in [0.1, 0.15) is 51.0 Å².